The van der Waals surface area contributed by atoms with E-state index in [1.165, 1.54) is 29.8 Å². The number of amides is 1. The number of halogens is 1. The molecule has 3 aromatic rings. The number of hydrogen-bond acceptors (Lipinski definition) is 4. The number of nitrogens with zero attached hydrogens (tertiary/aromatic N) is 2. The third-order valence-corrected chi connectivity index (χ3v) is 6.05. The molecule has 30 heavy (non-hydrogen) atoms. The summed E-state index contributed by atoms with van der Waals surface area (Å²) in [6, 6.07) is 22.6. The maximum absolute atomic E-state index is 13.3. The van der Waals surface area contributed by atoms with Crippen molar-refractivity contribution in [1.82, 2.24) is 4.90 Å². The van der Waals surface area contributed by atoms with E-state index in [0.29, 0.717) is 18.7 Å². The van der Waals surface area contributed by atoms with E-state index in [4.69, 9.17) is 0 Å². The fraction of sp³-hybridized carbons (Fsp3) is 0.208. The van der Waals surface area contributed by atoms with Crippen LogP contribution in [0.4, 0.5) is 15.8 Å². The molecule has 1 amide bonds. The minimum Gasteiger partial charge on any atom is -0.368 e. The van der Waals surface area contributed by atoms with E-state index in [9.17, 15) is 9.18 Å². The predicted octanol–water partition coefficient (Wildman–Crippen LogP) is 5.22. The second-order valence-electron chi connectivity index (χ2n) is 7.31. The van der Waals surface area contributed by atoms with Crippen LogP contribution in [0.25, 0.3) is 0 Å². The molecular weight excluding hydrogens is 397 g/mol. The Morgan fingerprint density at radius 3 is 2.43 bits per heavy atom. The number of para-hydroxylation sites is 1. The Hall–Kier alpha value is -2.99. The second-order valence-corrected chi connectivity index (χ2v) is 8.19. The summed E-state index contributed by atoms with van der Waals surface area (Å²) in [6.07, 6.45) is 0. The number of nitrogens with one attached hydrogen (secondary N) is 1. The average molecular weight is 422 g/mol. The molecule has 1 N–H and O–H groups in total. The molecule has 4 rings (SSSR count). The molecule has 0 atom stereocenters. The normalized spacial score (nSPS) is 13.9. The monoisotopic (exact) mass is 421 g/mol. The van der Waals surface area contributed by atoms with Crippen LogP contribution in [0.5, 0.6) is 0 Å². The fourth-order valence-corrected chi connectivity index (χ4v) is 4.33. The number of carbonyl (C=O) groups is 1. The summed E-state index contributed by atoms with van der Waals surface area (Å²) in [4.78, 5) is 18.2. The van der Waals surface area contributed by atoms with Gasteiger partial charge in [0, 0.05) is 48.0 Å². The van der Waals surface area contributed by atoms with Gasteiger partial charge in [0.1, 0.15) is 5.82 Å². The van der Waals surface area contributed by atoms with E-state index in [0.717, 1.165) is 29.2 Å². The Morgan fingerprint density at radius 2 is 1.70 bits per heavy atom. The van der Waals surface area contributed by atoms with Crippen molar-refractivity contribution in [2.75, 3.05) is 35.8 Å². The standard InChI is InChI=1S/C24H24FN3OS/c1-18-16-20(25)10-11-23(18)26-30-22-9-5-6-19(17-22)24(29)28-14-12-27(13-15-28)21-7-3-2-4-8-21/h2-11,16-17,26H,12-15H2,1H3. The predicted molar refractivity (Wildman–Crippen MR) is 122 cm³/mol. The van der Waals surface area contributed by atoms with Crippen LogP contribution in [-0.2, 0) is 0 Å². The van der Waals surface area contributed by atoms with Crippen molar-refractivity contribution in [2.24, 2.45) is 0 Å². The lowest BCUT2D eigenvalue weighted by Gasteiger charge is -2.36. The zero-order chi connectivity index (χ0) is 20.9. The van der Waals surface area contributed by atoms with Crippen LogP contribution in [0, 0.1) is 12.7 Å². The summed E-state index contributed by atoms with van der Waals surface area (Å²) >= 11 is 1.42. The summed E-state index contributed by atoms with van der Waals surface area (Å²) in [5.41, 5.74) is 3.58. The Morgan fingerprint density at radius 1 is 0.933 bits per heavy atom. The minimum atomic E-state index is -0.247. The lowest BCUT2D eigenvalue weighted by Crippen LogP contribution is -2.48. The minimum absolute atomic E-state index is 0.0584. The molecule has 0 aliphatic carbocycles. The fourth-order valence-electron chi connectivity index (χ4n) is 3.54. The smallest absolute Gasteiger partial charge is 0.254 e. The Kier molecular flexibility index (Phi) is 6.23. The van der Waals surface area contributed by atoms with Crippen molar-refractivity contribution in [3.8, 4) is 0 Å². The first-order valence-corrected chi connectivity index (χ1v) is 10.8. The Balaban J connectivity index is 1.37. The molecule has 1 saturated heterocycles. The van der Waals surface area contributed by atoms with Gasteiger partial charge >= 0.3 is 0 Å². The van der Waals surface area contributed by atoms with Crippen LogP contribution >= 0.6 is 11.9 Å². The molecule has 0 saturated carbocycles. The molecule has 0 unspecified atom stereocenters. The van der Waals surface area contributed by atoms with E-state index in [-0.39, 0.29) is 11.7 Å². The van der Waals surface area contributed by atoms with E-state index >= 15 is 0 Å². The van der Waals surface area contributed by atoms with Crippen molar-refractivity contribution in [3.05, 3.63) is 89.7 Å². The molecule has 154 valence electrons. The molecule has 0 aromatic heterocycles. The third-order valence-electron chi connectivity index (χ3n) is 5.24. The first-order chi connectivity index (χ1) is 14.6. The largest absolute Gasteiger partial charge is 0.368 e. The SMILES string of the molecule is Cc1cc(F)ccc1NSc1cccc(C(=O)N2CCN(c3ccccc3)CC2)c1. The molecular formula is C24H24FN3OS. The summed E-state index contributed by atoms with van der Waals surface area (Å²) in [5.74, 6) is -0.189. The highest BCUT2D eigenvalue weighted by molar-refractivity contribution is 8.00. The third kappa shape index (κ3) is 4.76. The molecule has 0 radical (unpaired) electrons. The molecule has 1 fully saturated rings. The topological polar surface area (TPSA) is 35.6 Å². The molecule has 1 heterocycles. The van der Waals surface area contributed by atoms with Gasteiger partial charge in [-0.15, -0.1) is 0 Å². The molecule has 0 bridgehead atoms. The Labute approximate surface area is 180 Å². The van der Waals surface area contributed by atoms with Gasteiger partial charge in [0.2, 0.25) is 0 Å². The first-order valence-electron chi connectivity index (χ1n) is 9.98. The van der Waals surface area contributed by atoms with Gasteiger partial charge in [-0.25, -0.2) is 4.39 Å². The molecule has 0 spiro atoms. The van der Waals surface area contributed by atoms with Crippen LogP contribution < -0.4 is 9.62 Å². The average Bonchev–Trinajstić information content (AvgIpc) is 2.79. The van der Waals surface area contributed by atoms with Crippen molar-refractivity contribution < 1.29 is 9.18 Å². The van der Waals surface area contributed by atoms with Crippen molar-refractivity contribution in [1.29, 1.82) is 0 Å². The van der Waals surface area contributed by atoms with Gasteiger partial charge in [-0.1, -0.05) is 24.3 Å². The molecule has 6 heteroatoms. The van der Waals surface area contributed by atoms with Gasteiger partial charge in [-0.2, -0.15) is 0 Å². The highest BCUT2D eigenvalue weighted by atomic mass is 32.2. The summed E-state index contributed by atoms with van der Waals surface area (Å²) in [6.45, 7) is 4.93. The summed E-state index contributed by atoms with van der Waals surface area (Å²) in [5, 5.41) is 0. The maximum Gasteiger partial charge on any atom is 0.254 e. The van der Waals surface area contributed by atoms with E-state index in [1.807, 2.05) is 54.3 Å². The van der Waals surface area contributed by atoms with Gasteiger partial charge in [-0.05, 0) is 73.0 Å². The van der Waals surface area contributed by atoms with Crippen LogP contribution in [-0.4, -0.2) is 37.0 Å². The first kappa shape index (κ1) is 20.3. The van der Waals surface area contributed by atoms with Crippen LogP contribution in [0.2, 0.25) is 0 Å². The molecule has 1 aliphatic rings. The van der Waals surface area contributed by atoms with E-state index in [1.54, 1.807) is 6.07 Å². The van der Waals surface area contributed by atoms with Gasteiger partial charge in [0.15, 0.2) is 0 Å². The molecule has 4 nitrogen and oxygen atoms in total. The highest BCUT2D eigenvalue weighted by Crippen LogP contribution is 2.25. The number of carbonyl (C=O) groups excluding carboxylic acids is 1. The maximum atomic E-state index is 13.3. The van der Waals surface area contributed by atoms with Gasteiger partial charge in [0.05, 0.1) is 0 Å². The van der Waals surface area contributed by atoms with E-state index in [2.05, 4.69) is 21.8 Å². The number of piperazine rings is 1. The lowest BCUT2D eigenvalue weighted by molar-refractivity contribution is 0.0746. The number of aryl methyl sites for hydroxylation is 1. The van der Waals surface area contributed by atoms with Crippen LogP contribution in [0.3, 0.4) is 0 Å². The summed E-state index contributed by atoms with van der Waals surface area (Å²) < 4.78 is 16.5. The van der Waals surface area contributed by atoms with Gasteiger partial charge in [0.25, 0.3) is 5.91 Å². The second kappa shape index (κ2) is 9.22. The number of rotatable bonds is 5. The Bertz CT molecular complexity index is 1020. The molecule has 1 aliphatic heterocycles. The van der Waals surface area contributed by atoms with Crippen molar-refractivity contribution in [3.63, 3.8) is 0 Å². The van der Waals surface area contributed by atoms with Crippen LogP contribution in [0.1, 0.15) is 15.9 Å². The van der Waals surface area contributed by atoms with Crippen molar-refractivity contribution >= 4 is 29.2 Å². The number of anilines is 2. The zero-order valence-electron chi connectivity index (χ0n) is 16.8. The zero-order valence-corrected chi connectivity index (χ0v) is 17.7. The van der Waals surface area contributed by atoms with E-state index < -0.39 is 0 Å². The lowest BCUT2D eigenvalue weighted by atomic mass is 10.1. The summed E-state index contributed by atoms with van der Waals surface area (Å²) in [7, 11) is 0. The van der Waals surface area contributed by atoms with Gasteiger partial charge in [-0.3, -0.25) is 4.79 Å². The van der Waals surface area contributed by atoms with Crippen molar-refractivity contribution in [2.45, 2.75) is 11.8 Å². The number of hydrogen-bond donors (Lipinski definition) is 1. The quantitative estimate of drug-likeness (QED) is 0.573. The molecule has 3 aromatic carbocycles. The van der Waals surface area contributed by atoms with Crippen LogP contribution in [0.15, 0.2) is 77.7 Å². The number of benzene rings is 3. The highest BCUT2D eigenvalue weighted by Gasteiger charge is 2.22. The van der Waals surface area contributed by atoms with Gasteiger partial charge < -0.3 is 14.5 Å².